The summed E-state index contributed by atoms with van der Waals surface area (Å²) in [6, 6.07) is 4.54. The number of aliphatic carboxylic acids is 1. The summed E-state index contributed by atoms with van der Waals surface area (Å²) >= 11 is 9.21. The first-order chi connectivity index (χ1) is 8.69. The van der Waals surface area contributed by atoms with E-state index in [0.29, 0.717) is 10.7 Å². The zero-order valence-electron chi connectivity index (χ0n) is 10.5. The zero-order valence-corrected chi connectivity index (χ0v) is 12.8. The summed E-state index contributed by atoms with van der Waals surface area (Å²) in [5.41, 5.74) is -0.409. The van der Waals surface area contributed by atoms with Crippen LogP contribution < -0.4 is 10.6 Å². The minimum Gasteiger partial charge on any atom is -0.481 e. The van der Waals surface area contributed by atoms with Crippen LogP contribution in [0.1, 0.15) is 20.3 Å². The lowest BCUT2D eigenvalue weighted by Crippen LogP contribution is -2.46. The van der Waals surface area contributed by atoms with E-state index in [1.54, 1.807) is 32.0 Å². The van der Waals surface area contributed by atoms with E-state index < -0.39 is 17.5 Å². The standard InChI is InChI=1S/C12H14BrClN2O3/c1-12(2,6-10(17)18)16-11(19)15-9-5-7(13)3-4-8(9)14/h3-5H,6H2,1-2H3,(H,17,18)(H2,15,16,19). The van der Waals surface area contributed by atoms with Crippen LogP contribution in [0.3, 0.4) is 0 Å². The van der Waals surface area contributed by atoms with E-state index in [4.69, 9.17) is 16.7 Å². The molecule has 1 aromatic carbocycles. The highest BCUT2D eigenvalue weighted by Gasteiger charge is 2.24. The van der Waals surface area contributed by atoms with Crippen molar-refractivity contribution in [2.45, 2.75) is 25.8 Å². The zero-order chi connectivity index (χ0) is 14.6. The summed E-state index contributed by atoms with van der Waals surface area (Å²) in [7, 11) is 0. The molecule has 19 heavy (non-hydrogen) atoms. The van der Waals surface area contributed by atoms with Crippen LogP contribution in [0.5, 0.6) is 0 Å². The molecule has 0 saturated heterocycles. The highest BCUT2D eigenvalue weighted by atomic mass is 79.9. The second kappa shape index (κ2) is 6.25. The Bertz CT molecular complexity index is 506. The Morgan fingerprint density at radius 1 is 1.42 bits per heavy atom. The maximum atomic E-state index is 11.8. The normalized spacial score (nSPS) is 10.9. The Morgan fingerprint density at radius 2 is 2.05 bits per heavy atom. The van der Waals surface area contributed by atoms with E-state index >= 15 is 0 Å². The lowest BCUT2D eigenvalue weighted by atomic mass is 10.0. The smallest absolute Gasteiger partial charge is 0.319 e. The minimum atomic E-state index is -0.981. The molecule has 0 bridgehead atoms. The van der Waals surface area contributed by atoms with Crippen molar-refractivity contribution in [1.29, 1.82) is 0 Å². The predicted octanol–water partition coefficient (Wildman–Crippen LogP) is 3.48. The Labute approximate surface area is 124 Å². The third-order valence-electron chi connectivity index (χ3n) is 2.22. The predicted molar refractivity (Wildman–Crippen MR) is 77.6 cm³/mol. The highest BCUT2D eigenvalue weighted by Crippen LogP contribution is 2.25. The minimum absolute atomic E-state index is 0.174. The van der Waals surface area contributed by atoms with E-state index in [-0.39, 0.29) is 6.42 Å². The van der Waals surface area contributed by atoms with Gasteiger partial charge in [0.1, 0.15) is 0 Å². The second-order valence-electron chi connectivity index (χ2n) is 4.66. The number of nitrogens with one attached hydrogen (secondary N) is 2. The van der Waals surface area contributed by atoms with Gasteiger partial charge in [0.25, 0.3) is 0 Å². The first kappa shape index (κ1) is 15.8. The van der Waals surface area contributed by atoms with Crippen LogP contribution in [-0.2, 0) is 4.79 Å². The summed E-state index contributed by atoms with van der Waals surface area (Å²) in [4.78, 5) is 22.4. The lowest BCUT2D eigenvalue weighted by Gasteiger charge is -2.24. The molecular formula is C12H14BrClN2O3. The number of hydrogen-bond donors (Lipinski definition) is 3. The number of halogens is 2. The van der Waals surface area contributed by atoms with Gasteiger partial charge in [0, 0.05) is 10.0 Å². The van der Waals surface area contributed by atoms with Gasteiger partial charge in [0.15, 0.2) is 0 Å². The van der Waals surface area contributed by atoms with Crippen molar-refractivity contribution in [2.75, 3.05) is 5.32 Å². The van der Waals surface area contributed by atoms with Crippen LogP contribution >= 0.6 is 27.5 Å². The van der Waals surface area contributed by atoms with Crippen LogP contribution in [0.25, 0.3) is 0 Å². The van der Waals surface area contributed by atoms with Gasteiger partial charge in [0.05, 0.1) is 17.1 Å². The van der Waals surface area contributed by atoms with Gasteiger partial charge in [-0.2, -0.15) is 0 Å². The van der Waals surface area contributed by atoms with Gasteiger partial charge in [-0.25, -0.2) is 4.79 Å². The monoisotopic (exact) mass is 348 g/mol. The average Bonchev–Trinajstić information content (AvgIpc) is 2.20. The summed E-state index contributed by atoms with van der Waals surface area (Å²) in [5, 5.41) is 14.3. The maximum Gasteiger partial charge on any atom is 0.319 e. The number of carbonyl (C=O) groups excluding carboxylic acids is 1. The molecule has 0 aliphatic carbocycles. The van der Waals surface area contributed by atoms with Gasteiger partial charge < -0.3 is 15.7 Å². The van der Waals surface area contributed by atoms with Gasteiger partial charge in [-0.05, 0) is 32.0 Å². The van der Waals surface area contributed by atoms with Crippen LogP contribution in [0.15, 0.2) is 22.7 Å². The quantitative estimate of drug-likeness (QED) is 0.778. The van der Waals surface area contributed by atoms with Crippen molar-refractivity contribution in [3.05, 3.63) is 27.7 Å². The fraction of sp³-hybridized carbons (Fsp3) is 0.333. The molecule has 3 N–H and O–H groups in total. The molecule has 0 spiro atoms. The molecule has 0 saturated carbocycles. The van der Waals surface area contributed by atoms with Crippen molar-refractivity contribution in [2.24, 2.45) is 0 Å². The summed E-state index contributed by atoms with van der Waals surface area (Å²) < 4.78 is 0.775. The molecule has 0 aliphatic rings. The third-order valence-corrected chi connectivity index (χ3v) is 3.04. The van der Waals surface area contributed by atoms with Crippen molar-refractivity contribution in [3.8, 4) is 0 Å². The molecule has 2 amide bonds. The number of carboxylic acids is 1. The number of urea groups is 1. The van der Waals surface area contributed by atoms with Crippen molar-refractivity contribution < 1.29 is 14.7 Å². The summed E-state index contributed by atoms with van der Waals surface area (Å²) in [5.74, 6) is -0.981. The molecule has 0 atom stereocenters. The van der Waals surface area contributed by atoms with E-state index in [0.717, 1.165) is 4.47 Å². The Hall–Kier alpha value is -1.27. The topological polar surface area (TPSA) is 78.4 Å². The molecular weight excluding hydrogens is 336 g/mol. The molecule has 0 heterocycles. The average molecular weight is 350 g/mol. The van der Waals surface area contributed by atoms with E-state index in [2.05, 4.69) is 26.6 Å². The maximum absolute atomic E-state index is 11.8. The number of benzene rings is 1. The Balaban J connectivity index is 2.70. The first-order valence-corrected chi connectivity index (χ1v) is 6.63. The van der Waals surface area contributed by atoms with Gasteiger partial charge in [-0.15, -0.1) is 0 Å². The molecule has 0 unspecified atom stereocenters. The number of rotatable bonds is 4. The van der Waals surface area contributed by atoms with E-state index in [1.165, 1.54) is 0 Å². The SMILES string of the molecule is CC(C)(CC(=O)O)NC(=O)Nc1cc(Br)ccc1Cl. The summed E-state index contributed by atoms with van der Waals surface area (Å²) in [6.07, 6.45) is -0.174. The number of hydrogen-bond acceptors (Lipinski definition) is 2. The van der Waals surface area contributed by atoms with Gasteiger partial charge in [-0.1, -0.05) is 27.5 Å². The third kappa shape index (κ3) is 5.48. The number of anilines is 1. The van der Waals surface area contributed by atoms with Crippen LogP contribution in [0, 0.1) is 0 Å². The van der Waals surface area contributed by atoms with Crippen molar-refractivity contribution >= 4 is 45.2 Å². The van der Waals surface area contributed by atoms with Gasteiger partial charge in [-0.3, -0.25) is 4.79 Å². The van der Waals surface area contributed by atoms with Gasteiger partial charge in [0.2, 0.25) is 0 Å². The van der Waals surface area contributed by atoms with Crippen molar-refractivity contribution in [3.63, 3.8) is 0 Å². The molecule has 1 aromatic rings. The fourth-order valence-electron chi connectivity index (χ4n) is 1.48. The first-order valence-electron chi connectivity index (χ1n) is 5.45. The molecule has 0 aromatic heterocycles. The largest absolute Gasteiger partial charge is 0.481 e. The fourth-order valence-corrected chi connectivity index (χ4v) is 2.00. The molecule has 1 rings (SSSR count). The molecule has 0 radical (unpaired) electrons. The van der Waals surface area contributed by atoms with Crippen LogP contribution in [0.4, 0.5) is 10.5 Å². The number of amides is 2. The highest BCUT2D eigenvalue weighted by molar-refractivity contribution is 9.10. The summed E-state index contributed by atoms with van der Waals surface area (Å²) in [6.45, 7) is 3.26. The van der Waals surface area contributed by atoms with Crippen molar-refractivity contribution in [1.82, 2.24) is 5.32 Å². The Kier molecular flexibility index (Phi) is 5.20. The molecule has 0 fully saturated rings. The van der Waals surface area contributed by atoms with Crippen LogP contribution in [0.2, 0.25) is 5.02 Å². The molecule has 0 aliphatic heterocycles. The van der Waals surface area contributed by atoms with Crippen LogP contribution in [-0.4, -0.2) is 22.6 Å². The number of carboxylic acid groups (broad SMARTS) is 1. The lowest BCUT2D eigenvalue weighted by molar-refractivity contribution is -0.138. The molecule has 7 heteroatoms. The number of carbonyl (C=O) groups is 2. The molecule has 5 nitrogen and oxygen atoms in total. The van der Waals surface area contributed by atoms with E-state index in [9.17, 15) is 9.59 Å². The molecule has 104 valence electrons. The second-order valence-corrected chi connectivity index (χ2v) is 5.98. The van der Waals surface area contributed by atoms with E-state index in [1.807, 2.05) is 0 Å². The van der Waals surface area contributed by atoms with Gasteiger partial charge >= 0.3 is 12.0 Å². The Morgan fingerprint density at radius 3 is 2.63 bits per heavy atom.